The van der Waals surface area contributed by atoms with E-state index in [0.29, 0.717) is 16.7 Å². The van der Waals surface area contributed by atoms with Crippen molar-refractivity contribution >= 4 is 54.1 Å². The molecule has 0 saturated heterocycles. The summed E-state index contributed by atoms with van der Waals surface area (Å²) in [4.78, 5) is 24.6. The van der Waals surface area contributed by atoms with E-state index in [1.165, 1.54) is 28.2 Å². The molecule has 0 atom stereocenters. The molecule has 1 amide bonds. The zero-order valence-corrected chi connectivity index (χ0v) is 17.3. The van der Waals surface area contributed by atoms with E-state index in [1.54, 1.807) is 4.90 Å². The summed E-state index contributed by atoms with van der Waals surface area (Å²) in [5.74, 6) is -0.120. The number of nitrogens with zero attached hydrogens (tertiary/aromatic N) is 3. The summed E-state index contributed by atoms with van der Waals surface area (Å²) >= 11 is 2.96. The van der Waals surface area contributed by atoms with Gasteiger partial charge in [-0.2, -0.15) is 0 Å². The molecule has 0 unspecified atom stereocenters. The molecule has 29 heavy (non-hydrogen) atoms. The number of aromatic nitrogens is 2. The van der Waals surface area contributed by atoms with E-state index in [9.17, 15) is 4.79 Å². The molecule has 2 aromatic heterocycles. The van der Waals surface area contributed by atoms with E-state index in [0.717, 1.165) is 26.0 Å². The van der Waals surface area contributed by atoms with Gasteiger partial charge in [0.05, 0.1) is 27.0 Å². The lowest BCUT2D eigenvalue weighted by atomic mass is 10.2. The van der Waals surface area contributed by atoms with Gasteiger partial charge in [0.15, 0.2) is 10.1 Å². The van der Waals surface area contributed by atoms with Crippen LogP contribution in [0.1, 0.15) is 20.9 Å². The summed E-state index contributed by atoms with van der Waals surface area (Å²) in [5.41, 5.74) is 3.99. The van der Waals surface area contributed by atoms with E-state index >= 15 is 0 Å². The molecule has 0 aliphatic carbocycles. The van der Waals surface area contributed by atoms with Crippen molar-refractivity contribution in [3.63, 3.8) is 0 Å². The second kappa shape index (κ2) is 7.39. The molecular weight excluding hydrogens is 398 g/mol. The highest BCUT2D eigenvalue weighted by atomic mass is 32.1. The summed E-state index contributed by atoms with van der Waals surface area (Å²) < 4.78 is 2.09. The van der Waals surface area contributed by atoms with Crippen LogP contribution >= 0.6 is 22.7 Å². The highest BCUT2D eigenvalue weighted by molar-refractivity contribution is 7.23. The minimum Gasteiger partial charge on any atom is -0.277 e. The summed E-state index contributed by atoms with van der Waals surface area (Å²) in [7, 11) is 0. The Morgan fingerprint density at radius 2 is 1.62 bits per heavy atom. The number of aryl methyl sites for hydroxylation is 1. The van der Waals surface area contributed by atoms with Crippen LogP contribution in [-0.4, -0.2) is 15.9 Å². The first-order valence-corrected chi connectivity index (χ1v) is 10.9. The van der Waals surface area contributed by atoms with Gasteiger partial charge in [0.2, 0.25) is 0 Å². The van der Waals surface area contributed by atoms with E-state index in [1.807, 2.05) is 66.7 Å². The smallest absolute Gasteiger partial charge is 0.277 e. The number of amides is 1. The molecule has 5 rings (SSSR count). The third kappa shape index (κ3) is 3.52. The number of para-hydroxylation sites is 1. The molecule has 4 nitrogen and oxygen atoms in total. The maximum Gasteiger partial charge on any atom is 0.289 e. The Morgan fingerprint density at radius 3 is 2.45 bits per heavy atom. The van der Waals surface area contributed by atoms with E-state index < -0.39 is 0 Å². The maximum absolute atomic E-state index is 13.5. The van der Waals surface area contributed by atoms with Gasteiger partial charge in [0.1, 0.15) is 0 Å². The van der Waals surface area contributed by atoms with Crippen LogP contribution in [0.5, 0.6) is 0 Å². The lowest BCUT2D eigenvalue weighted by Gasteiger charge is -2.18. The monoisotopic (exact) mass is 415 g/mol. The van der Waals surface area contributed by atoms with Crippen LogP contribution in [0.25, 0.3) is 20.4 Å². The van der Waals surface area contributed by atoms with Crippen molar-refractivity contribution in [2.75, 3.05) is 4.90 Å². The van der Waals surface area contributed by atoms with Crippen LogP contribution in [0.3, 0.4) is 0 Å². The summed E-state index contributed by atoms with van der Waals surface area (Å²) in [6, 6.07) is 24.0. The van der Waals surface area contributed by atoms with Gasteiger partial charge in [0.25, 0.3) is 5.91 Å². The first-order chi connectivity index (χ1) is 14.2. The Bertz CT molecular complexity index is 1290. The normalized spacial score (nSPS) is 11.2. The molecule has 6 heteroatoms. The molecule has 0 radical (unpaired) electrons. The fourth-order valence-corrected chi connectivity index (χ4v) is 5.18. The number of anilines is 1. The fraction of sp³-hybridized carbons (Fsp3) is 0.0870. The molecule has 142 valence electrons. The first-order valence-electron chi connectivity index (χ1n) is 9.26. The Balaban J connectivity index is 1.59. The molecule has 0 bridgehead atoms. The topological polar surface area (TPSA) is 46.1 Å². The zero-order chi connectivity index (χ0) is 19.8. The van der Waals surface area contributed by atoms with Crippen molar-refractivity contribution < 1.29 is 4.79 Å². The largest absolute Gasteiger partial charge is 0.289 e. The average molecular weight is 416 g/mol. The van der Waals surface area contributed by atoms with Crippen molar-refractivity contribution in [3.05, 3.63) is 88.9 Å². The van der Waals surface area contributed by atoms with Crippen molar-refractivity contribution in [2.45, 2.75) is 13.5 Å². The average Bonchev–Trinajstić information content (AvgIpc) is 3.36. The number of carbonyl (C=O) groups excluding carboxylic acids is 1. The van der Waals surface area contributed by atoms with Gasteiger partial charge in [-0.1, -0.05) is 59.9 Å². The minimum absolute atomic E-state index is 0.120. The van der Waals surface area contributed by atoms with Crippen LogP contribution in [0, 0.1) is 6.92 Å². The summed E-state index contributed by atoms with van der Waals surface area (Å²) in [5, 5.41) is 1.18. The van der Waals surface area contributed by atoms with Crippen LogP contribution < -0.4 is 4.90 Å². The third-order valence-corrected chi connectivity index (χ3v) is 6.73. The quantitative estimate of drug-likeness (QED) is 0.358. The molecule has 3 aromatic carbocycles. The van der Waals surface area contributed by atoms with Crippen molar-refractivity contribution in [1.29, 1.82) is 0 Å². The molecule has 0 aliphatic heterocycles. The predicted molar refractivity (Wildman–Crippen MR) is 121 cm³/mol. The number of benzene rings is 3. The van der Waals surface area contributed by atoms with Crippen molar-refractivity contribution in [2.24, 2.45) is 0 Å². The number of hydrogen-bond donors (Lipinski definition) is 0. The van der Waals surface area contributed by atoms with E-state index in [-0.39, 0.29) is 5.91 Å². The second-order valence-electron chi connectivity index (χ2n) is 6.83. The van der Waals surface area contributed by atoms with Crippen molar-refractivity contribution in [3.8, 4) is 0 Å². The van der Waals surface area contributed by atoms with Gasteiger partial charge >= 0.3 is 0 Å². The summed E-state index contributed by atoms with van der Waals surface area (Å²) in [6.45, 7) is 2.52. The Kier molecular flexibility index (Phi) is 4.58. The van der Waals surface area contributed by atoms with Crippen LogP contribution in [0.2, 0.25) is 0 Å². The molecule has 5 aromatic rings. The van der Waals surface area contributed by atoms with Crippen LogP contribution in [-0.2, 0) is 6.54 Å². The second-order valence-corrected chi connectivity index (χ2v) is 8.87. The number of hydrogen-bond acceptors (Lipinski definition) is 5. The number of thiazole rings is 2. The highest BCUT2D eigenvalue weighted by Crippen LogP contribution is 2.32. The maximum atomic E-state index is 13.5. The van der Waals surface area contributed by atoms with Gasteiger partial charge < -0.3 is 0 Å². The third-order valence-electron chi connectivity index (χ3n) is 4.67. The lowest BCUT2D eigenvalue weighted by molar-refractivity contribution is 0.0985. The number of carbonyl (C=O) groups is 1. The van der Waals surface area contributed by atoms with Crippen molar-refractivity contribution in [1.82, 2.24) is 9.97 Å². The molecule has 2 heterocycles. The van der Waals surface area contributed by atoms with E-state index in [4.69, 9.17) is 4.98 Å². The predicted octanol–water partition coefficient (Wildman–Crippen LogP) is 6.06. The van der Waals surface area contributed by atoms with Gasteiger partial charge in [-0.15, -0.1) is 11.3 Å². The molecule has 0 saturated carbocycles. The fourth-order valence-electron chi connectivity index (χ4n) is 3.21. The Hall–Kier alpha value is -3.09. The number of rotatable bonds is 4. The Morgan fingerprint density at radius 1 is 0.862 bits per heavy atom. The van der Waals surface area contributed by atoms with Gasteiger partial charge in [0, 0.05) is 0 Å². The standard InChI is InChI=1S/C23H17N3OS2/c1-15-11-12-18-20(13-15)29-23(25-18)26(14-16-7-3-2-4-8-16)22(27)21-24-17-9-5-6-10-19(17)28-21/h2-13H,14H2,1H3. The first kappa shape index (κ1) is 18.0. The highest BCUT2D eigenvalue weighted by Gasteiger charge is 2.24. The van der Waals surface area contributed by atoms with Crippen LogP contribution in [0.15, 0.2) is 72.8 Å². The molecular formula is C23H17N3OS2. The van der Waals surface area contributed by atoms with Gasteiger partial charge in [-0.3, -0.25) is 9.69 Å². The molecule has 0 fully saturated rings. The zero-order valence-electron chi connectivity index (χ0n) is 15.7. The number of fused-ring (bicyclic) bond motifs is 2. The molecule has 0 aliphatic rings. The Labute approximate surface area is 176 Å². The van der Waals surface area contributed by atoms with Crippen LogP contribution in [0.4, 0.5) is 5.13 Å². The molecule has 0 N–H and O–H groups in total. The van der Waals surface area contributed by atoms with Gasteiger partial charge in [-0.05, 0) is 42.3 Å². The lowest BCUT2D eigenvalue weighted by Crippen LogP contribution is -2.30. The summed E-state index contributed by atoms with van der Waals surface area (Å²) in [6.07, 6.45) is 0. The van der Waals surface area contributed by atoms with Gasteiger partial charge in [-0.25, -0.2) is 9.97 Å². The van der Waals surface area contributed by atoms with E-state index in [2.05, 4.69) is 18.0 Å². The molecule has 0 spiro atoms. The minimum atomic E-state index is -0.120. The SMILES string of the molecule is Cc1ccc2nc(N(Cc3ccccc3)C(=O)c3nc4ccccc4s3)sc2c1.